The third kappa shape index (κ3) is 4.45. The maximum Gasteiger partial charge on any atom is 0.269 e. The third-order valence-corrected chi connectivity index (χ3v) is 7.07. The molecule has 1 aliphatic heterocycles. The second-order valence-corrected chi connectivity index (χ2v) is 9.22. The van der Waals surface area contributed by atoms with E-state index in [9.17, 15) is 18.0 Å². The van der Waals surface area contributed by atoms with Crippen LogP contribution < -0.4 is 5.32 Å². The molecule has 0 aliphatic carbocycles. The Kier molecular flexibility index (Phi) is 6.08. The molecule has 1 heterocycles. The second-order valence-electron chi connectivity index (χ2n) is 5.78. The first-order valence-electron chi connectivity index (χ1n) is 8.21. The zero-order chi connectivity index (χ0) is 19.4. The van der Waals surface area contributed by atoms with Crippen molar-refractivity contribution in [3.63, 3.8) is 0 Å². The average Bonchev–Trinajstić information content (AvgIpc) is 2.85. The summed E-state index contributed by atoms with van der Waals surface area (Å²) < 4.78 is 25.6. The first-order chi connectivity index (χ1) is 12.9. The molecule has 3 rings (SSSR count). The number of halogens is 1. The van der Waals surface area contributed by atoms with E-state index in [1.54, 1.807) is 36.0 Å². The number of amides is 2. The van der Waals surface area contributed by atoms with Crippen molar-refractivity contribution in [3.8, 4) is 0 Å². The highest BCUT2D eigenvalue weighted by molar-refractivity contribution is 7.99. The van der Waals surface area contributed by atoms with E-state index in [4.69, 9.17) is 11.6 Å². The third-order valence-electron chi connectivity index (χ3n) is 3.96. The van der Waals surface area contributed by atoms with Gasteiger partial charge in [0.05, 0.1) is 5.56 Å². The highest BCUT2D eigenvalue weighted by Crippen LogP contribution is 2.29. The van der Waals surface area contributed by atoms with Gasteiger partial charge >= 0.3 is 0 Å². The molecule has 0 spiro atoms. The molecular weight excluding hydrogens is 408 g/mol. The Morgan fingerprint density at radius 1 is 1.11 bits per heavy atom. The molecule has 0 unspecified atom stereocenters. The number of benzene rings is 2. The first-order valence-corrected chi connectivity index (χ1v) is 11.0. The van der Waals surface area contributed by atoms with Gasteiger partial charge in [0.2, 0.25) is 5.91 Å². The Morgan fingerprint density at radius 3 is 2.52 bits per heavy atom. The topological polar surface area (TPSA) is 83.6 Å². The number of fused-ring (bicyclic) bond motifs is 1. The number of carbonyl (C=O) groups is 2. The van der Waals surface area contributed by atoms with Crippen molar-refractivity contribution in [2.75, 3.05) is 18.8 Å². The maximum absolute atomic E-state index is 12.4. The minimum Gasteiger partial charge on any atom is -0.355 e. The molecule has 142 valence electrons. The number of thioether (sulfide) groups is 1. The highest BCUT2D eigenvalue weighted by Gasteiger charge is 2.40. The molecule has 0 fully saturated rings. The van der Waals surface area contributed by atoms with Crippen LogP contribution in [0, 0.1) is 0 Å². The molecule has 0 saturated carbocycles. The molecule has 1 N–H and O–H groups in total. The summed E-state index contributed by atoms with van der Waals surface area (Å²) in [5, 5.41) is 3.40. The Labute approximate surface area is 166 Å². The molecule has 1 aliphatic rings. The van der Waals surface area contributed by atoms with Crippen LogP contribution in [0.4, 0.5) is 0 Å². The van der Waals surface area contributed by atoms with Crippen LogP contribution in [0.5, 0.6) is 0 Å². The van der Waals surface area contributed by atoms with E-state index in [1.807, 2.05) is 12.1 Å². The molecule has 9 heteroatoms. The SMILES string of the molecule is O=C(CCN1C(=O)c2ccccc2S1(=O)=O)NCCSc1ccc(Cl)cc1. The van der Waals surface area contributed by atoms with E-state index < -0.39 is 15.9 Å². The quantitative estimate of drug-likeness (QED) is 0.545. The number of sulfonamides is 1. The standard InChI is InChI=1S/C18H17ClN2O4S2/c19-13-5-7-14(8-6-13)26-12-10-20-17(22)9-11-21-18(23)15-3-1-2-4-16(15)27(21,24)25/h1-8H,9-12H2,(H,20,22). The summed E-state index contributed by atoms with van der Waals surface area (Å²) in [5.74, 6) is -0.220. The number of rotatable bonds is 7. The fourth-order valence-electron chi connectivity index (χ4n) is 2.63. The van der Waals surface area contributed by atoms with Crippen LogP contribution in [0.25, 0.3) is 0 Å². The molecule has 0 saturated heterocycles. The summed E-state index contributed by atoms with van der Waals surface area (Å²) in [7, 11) is -3.87. The number of carbonyl (C=O) groups excluding carboxylic acids is 2. The zero-order valence-corrected chi connectivity index (χ0v) is 16.6. The van der Waals surface area contributed by atoms with E-state index in [0.29, 0.717) is 17.3 Å². The van der Waals surface area contributed by atoms with Crippen LogP contribution in [0.15, 0.2) is 58.3 Å². The fraction of sp³-hybridized carbons (Fsp3) is 0.222. The van der Waals surface area contributed by atoms with Crippen LogP contribution in [-0.4, -0.2) is 43.4 Å². The van der Waals surface area contributed by atoms with Crippen molar-refractivity contribution < 1.29 is 18.0 Å². The summed E-state index contributed by atoms with van der Waals surface area (Å²) in [6, 6.07) is 13.5. The smallest absolute Gasteiger partial charge is 0.269 e. The van der Waals surface area contributed by atoms with Gasteiger partial charge in [-0.15, -0.1) is 11.8 Å². The minimum absolute atomic E-state index is 0.00484. The second kappa shape index (κ2) is 8.33. The van der Waals surface area contributed by atoms with Crippen LogP contribution in [0.3, 0.4) is 0 Å². The highest BCUT2D eigenvalue weighted by atomic mass is 35.5. The first kappa shape index (κ1) is 19.7. The molecule has 2 aromatic carbocycles. The van der Waals surface area contributed by atoms with Crippen LogP contribution >= 0.6 is 23.4 Å². The fourth-order valence-corrected chi connectivity index (χ4v) is 5.10. The molecule has 0 bridgehead atoms. The molecule has 0 radical (unpaired) electrons. The van der Waals surface area contributed by atoms with Crippen molar-refractivity contribution in [2.24, 2.45) is 0 Å². The van der Waals surface area contributed by atoms with Gasteiger partial charge in [0.15, 0.2) is 0 Å². The normalized spacial score (nSPS) is 14.9. The van der Waals surface area contributed by atoms with Crippen molar-refractivity contribution in [3.05, 3.63) is 59.1 Å². The summed E-state index contributed by atoms with van der Waals surface area (Å²) in [6.07, 6.45) is -0.0788. The molecule has 6 nitrogen and oxygen atoms in total. The Bertz CT molecular complexity index is 962. The average molecular weight is 425 g/mol. The Hall–Kier alpha value is -2.03. The van der Waals surface area contributed by atoms with Gasteiger partial charge in [0, 0.05) is 35.2 Å². The van der Waals surface area contributed by atoms with Gasteiger partial charge in [-0.1, -0.05) is 23.7 Å². The minimum atomic E-state index is -3.87. The van der Waals surface area contributed by atoms with E-state index in [0.717, 1.165) is 9.20 Å². The van der Waals surface area contributed by atoms with Crippen molar-refractivity contribution in [2.45, 2.75) is 16.2 Å². The van der Waals surface area contributed by atoms with Gasteiger partial charge in [-0.05, 0) is 36.4 Å². The molecule has 2 aromatic rings. The number of hydrogen-bond acceptors (Lipinski definition) is 5. The lowest BCUT2D eigenvalue weighted by molar-refractivity contribution is -0.120. The summed E-state index contributed by atoms with van der Waals surface area (Å²) in [5.41, 5.74) is 0.150. The lowest BCUT2D eigenvalue weighted by atomic mass is 10.2. The van der Waals surface area contributed by atoms with Gasteiger partial charge in [-0.2, -0.15) is 0 Å². The maximum atomic E-state index is 12.4. The van der Waals surface area contributed by atoms with Gasteiger partial charge in [0.1, 0.15) is 4.90 Å². The lowest BCUT2D eigenvalue weighted by Crippen LogP contribution is -2.35. The summed E-state index contributed by atoms with van der Waals surface area (Å²) >= 11 is 7.40. The van der Waals surface area contributed by atoms with Gasteiger partial charge in [-0.25, -0.2) is 12.7 Å². The largest absolute Gasteiger partial charge is 0.355 e. The van der Waals surface area contributed by atoms with Gasteiger partial charge in [-0.3, -0.25) is 9.59 Å². The summed E-state index contributed by atoms with van der Waals surface area (Å²) in [6.45, 7) is 0.263. The Balaban J connectivity index is 1.46. The van der Waals surface area contributed by atoms with Crippen molar-refractivity contribution >= 4 is 45.2 Å². The molecule has 0 aromatic heterocycles. The van der Waals surface area contributed by atoms with E-state index in [-0.39, 0.29) is 29.3 Å². The van der Waals surface area contributed by atoms with Gasteiger partial charge < -0.3 is 5.32 Å². The van der Waals surface area contributed by atoms with Crippen LogP contribution in [-0.2, 0) is 14.8 Å². The molecule has 0 atom stereocenters. The van der Waals surface area contributed by atoms with Crippen molar-refractivity contribution in [1.82, 2.24) is 9.62 Å². The monoisotopic (exact) mass is 424 g/mol. The molecule has 2 amide bonds. The number of nitrogens with zero attached hydrogens (tertiary/aromatic N) is 1. The van der Waals surface area contributed by atoms with E-state index in [1.165, 1.54) is 12.1 Å². The predicted molar refractivity (Wildman–Crippen MR) is 104 cm³/mol. The number of hydrogen-bond donors (Lipinski definition) is 1. The predicted octanol–water partition coefficient (Wildman–Crippen LogP) is 2.78. The van der Waals surface area contributed by atoms with Crippen LogP contribution in [0.2, 0.25) is 5.02 Å². The molecule has 27 heavy (non-hydrogen) atoms. The number of nitrogens with one attached hydrogen (secondary N) is 1. The summed E-state index contributed by atoms with van der Waals surface area (Å²) in [4.78, 5) is 25.3. The lowest BCUT2D eigenvalue weighted by Gasteiger charge is -2.14. The van der Waals surface area contributed by atoms with Gasteiger partial charge in [0.25, 0.3) is 15.9 Å². The van der Waals surface area contributed by atoms with E-state index in [2.05, 4.69) is 5.32 Å². The van der Waals surface area contributed by atoms with E-state index >= 15 is 0 Å². The van der Waals surface area contributed by atoms with Crippen molar-refractivity contribution in [1.29, 1.82) is 0 Å². The zero-order valence-electron chi connectivity index (χ0n) is 14.2. The Morgan fingerprint density at radius 2 is 1.81 bits per heavy atom. The molecular formula is C18H17ClN2O4S2. The van der Waals surface area contributed by atoms with Crippen LogP contribution in [0.1, 0.15) is 16.8 Å².